The molecule has 0 saturated carbocycles. The Balaban J connectivity index is 1.02. The minimum atomic E-state index is 0.829. The van der Waals surface area contributed by atoms with Crippen molar-refractivity contribution in [3.63, 3.8) is 0 Å². The van der Waals surface area contributed by atoms with E-state index in [9.17, 15) is 0 Å². The van der Waals surface area contributed by atoms with Crippen molar-refractivity contribution >= 4 is 88.6 Å². The molecule has 2 N–H and O–H groups in total. The Morgan fingerprint density at radius 1 is 0.293 bits per heavy atom. The SMILES string of the molecule is c1ccc2c(c1)oc1cc(Nc3ccc4c(c3)oc3cc(Nc5ccc6c(c5)oc5ccccc56)ccc34)ccc12. The molecule has 0 amide bonds. The minimum Gasteiger partial charge on any atom is -0.456 e. The molecule has 0 aliphatic heterocycles. The Labute approximate surface area is 233 Å². The van der Waals surface area contributed by atoms with E-state index in [-0.39, 0.29) is 0 Å². The van der Waals surface area contributed by atoms with E-state index in [0.717, 1.165) is 88.6 Å². The zero-order valence-corrected chi connectivity index (χ0v) is 21.8. The third-order valence-corrected chi connectivity index (χ3v) is 7.81. The molecule has 0 aliphatic carbocycles. The van der Waals surface area contributed by atoms with Gasteiger partial charge in [0.2, 0.25) is 0 Å². The lowest BCUT2D eigenvalue weighted by atomic mass is 10.1. The van der Waals surface area contributed by atoms with E-state index in [4.69, 9.17) is 13.3 Å². The summed E-state index contributed by atoms with van der Waals surface area (Å²) >= 11 is 0. The standard InChI is InChI=1S/C36H22N2O3/c1-3-7-31-25(5-1)27-13-9-21(17-33(27)39-31)37-23-11-15-29-30-16-12-24(20-36(30)41-35(29)19-23)38-22-10-14-28-26-6-2-4-8-32(26)40-34(28)18-22/h1-20,37-38H. The Kier molecular flexibility index (Phi) is 4.55. The van der Waals surface area contributed by atoms with Crippen molar-refractivity contribution in [1.29, 1.82) is 0 Å². The normalized spacial score (nSPS) is 11.9. The van der Waals surface area contributed by atoms with Gasteiger partial charge in [-0.25, -0.2) is 0 Å². The van der Waals surface area contributed by atoms with E-state index < -0.39 is 0 Å². The van der Waals surface area contributed by atoms with Crippen LogP contribution in [0, 0.1) is 0 Å². The zero-order chi connectivity index (χ0) is 26.9. The maximum atomic E-state index is 6.31. The third kappa shape index (κ3) is 3.56. The zero-order valence-electron chi connectivity index (χ0n) is 21.8. The summed E-state index contributed by atoms with van der Waals surface area (Å²) in [6.45, 7) is 0. The highest BCUT2D eigenvalue weighted by atomic mass is 16.3. The van der Waals surface area contributed by atoms with E-state index in [1.54, 1.807) is 0 Å². The van der Waals surface area contributed by atoms with Crippen LogP contribution in [0.25, 0.3) is 65.8 Å². The maximum Gasteiger partial charge on any atom is 0.137 e. The number of benzene rings is 6. The average Bonchev–Trinajstić information content (AvgIpc) is 3.66. The van der Waals surface area contributed by atoms with Gasteiger partial charge in [-0.3, -0.25) is 0 Å². The molecule has 6 aromatic carbocycles. The maximum absolute atomic E-state index is 6.31. The van der Waals surface area contributed by atoms with Crippen LogP contribution in [0.5, 0.6) is 0 Å². The van der Waals surface area contributed by atoms with Gasteiger partial charge in [0.15, 0.2) is 0 Å². The summed E-state index contributed by atoms with van der Waals surface area (Å²) in [4.78, 5) is 0. The molecule has 194 valence electrons. The molecule has 0 unspecified atom stereocenters. The van der Waals surface area contributed by atoms with Crippen LogP contribution < -0.4 is 10.6 Å². The molecule has 0 aliphatic rings. The third-order valence-electron chi connectivity index (χ3n) is 7.81. The number of furan rings is 3. The first-order valence-electron chi connectivity index (χ1n) is 13.6. The van der Waals surface area contributed by atoms with Gasteiger partial charge in [0.1, 0.15) is 33.5 Å². The highest BCUT2D eigenvalue weighted by Gasteiger charge is 2.12. The second-order valence-electron chi connectivity index (χ2n) is 10.4. The van der Waals surface area contributed by atoms with Gasteiger partial charge in [0, 0.05) is 79.3 Å². The number of para-hydroxylation sites is 2. The fourth-order valence-corrected chi connectivity index (χ4v) is 5.87. The molecule has 3 heterocycles. The van der Waals surface area contributed by atoms with Gasteiger partial charge in [-0.2, -0.15) is 0 Å². The first kappa shape index (κ1) is 22.2. The van der Waals surface area contributed by atoms with E-state index in [2.05, 4.69) is 71.3 Å². The van der Waals surface area contributed by atoms with Crippen LogP contribution in [0.2, 0.25) is 0 Å². The largest absolute Gasteiger partial charge is 0.456 e. The molecule has 5 heteroatoms. The Morgan fingerprint density at radius 3 is 0.951 bits per heavy atom. The van der Waals surface area contributed by atoms with Gasteiger partial charge in [-0.15, -0.1) is 0 Å². The molecule has 41 heavy (non-hydrogen) atoms. The molecule has 0 saturated heterocycles. The smallest absolute Gasteiger partial charge is 0.137 e. The molecule has 0 bridgehead atoms. The summed E-state index contributed by atoms with van der Waals surface area (Å²) in [6, 6.07) is 41.1. The summed E-state index contributed by atoms with van der Waals surface area (Å²) in [5.41, 5.74) is 8.99. The molecule has 0 atom stereocenters. The van der Waals surface area contributed by atoms with Gasteiger partial charge >= 0.3 is 0 Å². The van der Waals surface area contributed by atoms with E-state index in [1.807, 2.05) is 60.7 Å². The lowest BCUT2D eigenvalue weighted by Crippen LogP contribution is -1.89. The van der Waals surface area contributed by atoms with Crippen LogP contribution in [0.1, 0.15) is 0 Å². The highest BCUT2D eigenvalue weighted by molar-refractivity contribution is 6.08. The van der Waals surface area contributed by atoms with Crippen molar-refractivity contribution in [2.24, 2.45) is 0 Å². The monoisotopic (exact) mass is 530 g/mol. The van der Waals surface area contributed by atoms with Crippen molar-refractivity contribution in [3.8, 4) is 0 Å². The molecule has 9 rings (SSSR count). The lowest BCUT2D eigenvalue weighted by molar-refractivity contribution is 0.668. The Hall–Kier alpha value is -5.68. The molecule has 0 fully saturated rings. The highest BCUT2D eigenvalue weighted by Crippen LogP contribution is 2.36. The van der Waals surface area contributed by atoms with Gasteiger partial charge < -0.3 is 23.9 Å². The average molecular weight is 531 g/mol. The molecule has 3 aromatic heterocycles. The fraction of sp³-hybridized carbons (Fsp3) is 0. The van der Waals surface area contributed by atoms with E-state index >= 15 is 0 Å². The first-order valence-corrected chi connectivity index (χ1v) is 13.6. The summed E-state index contributed by atoms with van der Waals surface area (Å²) in [6.07, 6.45) is 0. The second kappa shape index (κ2) is 8.41. The van der Waals surface area contributed by atoms with Crippen LogP contribution >= 0.6 is 0 Å². The quantitative estimate of drug-likeness (QED) is 0.237. The van der Waals surface area contributed by atoms with Crippen molar-refractivity contribution in [2.45, 2.75) is 0 Å². The van der Waals surface area contributed by atoms with Crippen molar-refractivity contribution in [2.75, 3.05) is 10.6 Å². The van der Waals surface area contributed by atoms with Gasteiger partial charge in [-0.1, -0.05) is 36.4 Å². The van der Waals surface area contributed by atoms with E-state index in [1.165, 1.54) is 0 Å². The topological polar surface area (TPSA) is 63.5 Å². The molecular weight excluding hydrogens is 508 g/mol. The molecule has 0 radical (unpaired) electrons. The first-order chi connectivity index (χ1) is 20.2. The summed E-state index contributed by atoms with van der Waals surface area (Å²) < 4.78 is 18.4. The molecular formula is C36H22N2O3. The summed E-state index contributed by atoms with van der Waals surface area (Å²) in [5.74, 6) is 0. The second-order valence-corrected chi connectivity index (χ2v) is 10.4. The number of hydrogen-bond donors (Lipinski definition) is 2. The number of hydrogen-bond acceptors (Lipinski definition) is 5. The summed E-state index contributed by atoms with van der Waals surface area (Å²) in [7, 11) is 0. The number of rotatable bonds is 4. The van der Waals surface area contributed by atoms with Crippen LogP contribution in [-0.2, 0) is 0 Å². The number of fused-ring (bicyclic) bond motifs is 9. The van der Waals surface area contributed by atoms with Crippen LogP contribution in [0.3, 0.4) is 0 Å². The van der Waals surface area contributed by atoms with Crippen LogP contribution in [0.4, 0.5) is 22.7 Å². The molecule has 0 spiro atoms. The van der Waals surface area contributed by atoms with Gasteiger partial charge in [0.05, 0.1) is 0 Å². The van der Waals surface area contributed by atoms with Crippen LogP contribution in [-0.4, -0.2) is 0 Å². The Morgan fingerprint density at radius 2 is 0.585 bits per heavy atom. The van der Waals surface area contributed by atoms with Gasteiger partial charge in [-0.05, 0) is 60.7 Å². The minimum absolute atomic E-state index is 0.829. The number of anilines is 4. The predicted octanol–water partition coefficient (Wildman–Crippen LogP) is 10.9. The fourth-order valence-electron chi connectivity index (χ4n) is 5.87. The number of nitrogens with one attached hydrogen (secondary N) is 2. The van der Waals surface area contributed by atoms with Crippen molar-refractivity contribution in [3.05, 3.63) is 121 Å². The lowest BCUT2D eigenvalue weighted by Gasteiger charge is -2.06. The van der Waals surface area contributed by atoms with Crippen LogP contribution in [0.15, 0.2) is 135 Å². The van der Waals surface area contributed by atoms with E-state index in [0.29, 0.717) is 0 Å². The Bertz CT molecular complexity index is 2270. The van der Waals surface area contributed by atoms with Crippen molar-refractivity contribution < 1.29 is 13.3 Å². The summed E-state index contributed by atoms with van der Waals surface area (Å²) in [5, 5.41) is 13.6. The van der Waals surface area contributed by atoms with Gasteiger partial charge in [0.25, 0.3) is 0 Å². The predicted molar refractivity (Wildman–Crippen MR) is 168 cm³/mol. The molecule has 9 aromatic rings. The molecule has 5 nitrogen and oxygen atoms in total. The van der Waals surface area contributed by atoms with Crippen molar-refractivity contribution in [1.82, 2.24) is 0 Å².